The van der Waals surface area contributed by atoms with Gasteiger partial charge < -0.3 is 4.74 Å². The number of aryl methyl sites for hydroxylation is 1. The molecule has 0 aliphatic heterocycles. The van der Waals surface area contributed by atoms with Crippen LogP contribution in [0.25, 0.3) is 23.1 Å². The summed E-state index contributed by atoms with van der Waals surface area (Å²) in [6.07, 6.45) is 15.8. The van der Waals surface area contributed by atoms with Crippen molar-refractivity contribution in [1.29, 1.82) is 0 Å². The number of aromatic amines is 1. The fourth-order valence-electron chi connectivity index (χ4n) is 4.87. The summed E-state index contributed by atoms with van der Waals surface area (Å²) in [6.45, 7) is 1.91. The van der Waals surface area contributed by atoms with Gasteiger partial charge in [-0.05, 0) is 68.2 Å². The van der Waals surface area contributed by atoms with E-state index in [1.54, 1.807) is 12.4 Å². The van der Waals surface area contributed by atoms with Crippen molar-refractivity contribution in [2.24, 2.45) is 5.92 Å². The minimum Gasteiger partial charge on any atom is -0.486 e. The molecule has 1 saturated carbocycles. The van der Waals surface area contributed by atoms with Crippen LogP contribution in [0, 0.1) is 5.92 Å². The van der Waals surface area contributed by atoms with Gasteiger partial charge in [-0.2, -0.15) is 15.3 Å². The maximum absolute atomic E-state index is 6.29. The van der Waals surface area contributed by atoms with E-state index in [4.69, 9.17) is 27.9 Å². The van der Waals surface area contributed by atoms with Crippen LogP contribution in [-0.2, 0) is 6.42 Å². The third kappa shape index (κ3) is 5.88. The molecule has 3 heterocycles. The van der Waals surface area contributed by atoms with E-state index in [1.165, 1.54) is 38.5 Å². The molecule has 0 radical (unpaired) electrons. The number of rotatable bonds is 8. The van der Waals surface area contributed by atoms with Gasteiger partial charge in [0.15, 0.2) is 0 Å². The zero-order chi connectivity index (χ0) is 24.9. The molecule has 1 N–H and O–H groups in total. The largest absolute Gasteiger partial charge is 0.486 e. The Balaban J connectivity index is 1.26. The lowest BCUT2D eigenvalue weighted by atomic mass is 9.86. The van der Waals surface area contributed by atoms with Crippen LogP contribution in [0.1, 0.15) is 74.2 Å². The Bertz CT molecular complexity index is 1330. The van der Waals surface area contributed by atoms with E-state index in [0.717, 1.165) is 40.3 Å². The summed E-state index contributed by atoms with van der Waals surface area (Å²) in [4.78, 5) is 4.01. The van der Waals surface area contributed by atoms with Gasteiger partial charge in [-0.3, -0.25) is 10.1 Å². The number of aromatic nitrogens is 5. The van der Waals surface area contributed by atoms with E-state index in [1.807, 2.05) is 43.3 Å². The molecule has 186 valence electrons. The minimum atomic E-state index is -0.344. The molecule has 0 amide bonds. The highest BCUT2D eigenvalue weighted by atomic mass is 35.5. The van der Waals surface area contributed by atoms with Gasteiger partial charge in [0.05, 0.1) is 32.6 Å². The third-order valence-electron chi connectivity index (χ3n) is 6.86. The van der Waals surface area contributed by atoms with Crippen LogP contribution < -0.4 is 4.74 Å². The normalized spacial score (nSPS) is 15.5. The Labute approximate surface area is 221 Å². The Kier molecular flexibility index (Phi) is 7.83. The highest BCUT2D eigenvalue weighted by Gasteiger charge is 2.17. The molecule has 1 aliphatic carbocycles. The highest BCUT2D eigenvalue weighted by Crippen LogP contribution is 2.33. The SMILES string of the molecule is C[C@@H](Oc1ccc2[nH]nc(/C=C/c3ccc(CCC4CCCCC4)nn3)c2c1)c1c(Cl)cncc1Cl. The number of nitrogens with zero attached hydrogens (tertiary/aromatic N) is 4. The molecule has 1 aromatic carbocycles. The van der Waals surface area contributed by atoms with E-state index in [2.05, 4.69) is 31.4 Å². The standard InChI is InChI=1S/C28H29Cl2N5O/c1-18(28-24(29)16-31-17-25(28)30)36-22-12-14-27-23(15-22)26(34-35-27)13-11-21-10-9-20(32-33-21)8-7-19-5-3-2-4-6-19/h9-19H,2-8H2,1H3,(H,34,35)/b13-11+/t18-/m1/s1. The topological polar surface area (TPSA) is 76.6 Å². The van der Waals surface area contributed by atoms with Gasteiger partial charge in [-0.1, -0.05) is 55.3 Å². The lowest BCUT2D eigenvalue weighted by Crippen LogP contribution is -2.08. The first-order valence-corrected chi connectivity index (χ1v) is 13.3. The van der Waals surface area contributed by atoms with Crippen molar-refractivity contribution in [2.45, 2.75) is 58.0 Å². The van der Waals surface area contributed by atoms with Gasteiger partial charge in [0.1, 0.15) is 11.9 Å². The number of halogens is 2. The molecule has 1 atom stereocenters. The molecule has 0 saturated heterocycles. The van der Waals surface area contributed by atoms with Gasteiger partial charge in [0.25, 0.3) is 0 Å². The van der Waals surface area contributed by atoms with Gasteiger partial charge in [-0.25, -0.2) is 0 Å². The predicted octanol–water partition coefficient (Wildman–Crippen LogP) is 7.88. The smallest absolute Gasteiger partial charge is 0.124 e. The van der Waals surface area contributed by atoms with Crippen molar-refractivity contribution in [3.05, 3.63) is 75.4 Å². The van der Waals surface area contributed by atoms with Crippen LogP contribution in [0.3, 0.4) is 0 Å². The molecule has 1 fully saturated rings. The van der Waals surface area contributed by atoms with E-state index in [-0.39, 0.29) is 6.10 Å². The van der Waals surface area contributed by atoms with Crippen LogP contribution in [0.4, 0.5) is 0 Å². The Morgan fingerprint density at radius 1 is 1.03 bits per heavy atom. The van der Waals surface area contributed by atoms with Crippen molar-refractivity contribution < 1.29 is 4.74 Å². The zero-order valence-electron chi connectivity index (χ0n) is 20.3. The van der Waals surface area contributed by atoms with Crippen molar-refractivity contribution in [2.75, 3.05) is 0 Å². The van der Waals surface area contributed by atoms with Crippen LogP contribution in [-0.4, -0.2) is 25.4 Å². The Hall–Kier alpha value is -2.96. The van der Waals surface area contributed by atoms with Crippen molar-refractivity contribution in [3.8, 4) is 5.75 Å². The van der Waals surface area contributed by atoms with Crippen LogP contribution in [0.15, 0.2) is 42.7 Å². The number of hydrogen-bond donors (Lipinski definition) is 1. The average Bonchev–Trinajstić information content (AvgIpc) is 3.29. The first kappa shape index (κ1) is 24.7. The van der Waals surface area contributed by atoms with Crippen LogP contribution in [0.5, 0.6) is 5.75 Å². The van der Waals surface area contributed by atoms with E-state index in [9.17, 15) is 0 Å². The number of hydrogen-bond acceptors (Lipinski definition) is 5. The molecule has 1 aliphatic rings. The quantitative estimate of drug-likeness (QED) is 0.255. The van der Waals surface area contributed by atoms with Gasteiger partial charge in [0, 0.05) is 23.3 Å². The summed E-state index contributed by atoms with van der Waals surface area (Å²) in [5.41, 5.74) is 4.29. The maximum Gasteiger partial charge on any atom is 0.124 e. The van der Waals surface area contributed by atoms with Gasteiger partial charge in [0.2, 0.25) is 0 Å². The van der Waals surface area contributed by atoms with Crippen molar-refractivity contribution in [1.82, 2.24) is 25.4 Å². The summed E-state index contributed by atoms with van der Waals surface area (Å²) < 4.78 is 6.15. The predicted molar refractivity (Wildman–Crippen MR) is 145 cm³/mol. The highest BCUT2D eigenvalue weighted by molar-refractivity contribution is 6.35. The van der Waals surface area contributed by atoms with Crippen molar-refractivity contribution >= 4 is 46.3 Å². The number of pyridine rings is 1. The molecule has 8 heteroatoms. The van der Waals surface area contributed by atoms with Crippen molar-refractivity contribution in [3.63, 3.8) is 0 Å². The Morgan fingerprint density at radius 2 is 1.83 bits per heavy atom. The van der Waals surface area contributed by atoms with Crippen LogP contribution in [0.2, 0.25) is 10.0 Å². The second-order valence-corrected chi connectivity index (χ2v) is 10.2. The van der Waals surface area contributed by atoms with Gasteiger partial charge in [-0.15, -0.1) is 0 Å². The number of ether oxygens (including phenoxy) is 1. The molecule has 0 bridgehead atoms. The summed E-state index contributed by atoms with van der Waals surface area (Å²) in [7, 11) is 0. The molecular formula is C28H29Cl2N5O. The lowest BCUT2D eigenvalue weighted by Gasteiger charge is -2.20. The molecular weight excluding hydrogens is 493 g/mol. The zero-order valence-corrected chi connectivity index (χ0v) is 21.8. The second kappa shape index (κ2) is 11.4. The minimum absolute atomic E-state index is 0.344. The molecule has 6 nitrogen and oxygen atoms in total. The average molecular weight is 522 g/mol. The fourth-order valence-corrected chi connectivity index (χ4v) is 5.54. The summed E-state index contributed by atoms with van der Waals surface area (Å²) in [5.74, 6) is 1.54. The third-order valence-corrected chi connectivity index (χ3v) is 7.46. The number of benzene rings is 1. The second-order valence-electron chi connectivity index (χ2n) is 9.42. The molecule has 4 aromatic rings. The van der Waals surface area contributed by atoms with E-state index >= 15 is 0 Å². The summed E-state index contributed by atoms with van der Waals surface area (Å²) in [5, 5.41) is 18.3. The molecule has 5 rings (SSSR count). The monoisotopic (exact) mass is 521 g/mol. The van der Waals surface area contributed by atoms with Crippen LogP contribution >= 0.6 is 23.2 Å². The molecule has 0 unspecified atom stereocenters. The number of H-pyrrole nitrogens is 1. The molecule has 3 aromatic heterocycles. The summed E-state index contributed by atoms with van der Waals surface area (Å²) in [6, 6.07) is 9.90. The first-order chi connectivity index (χ1) is 17.6. The lowest BCUT2D eigenvalue weighted by molar-refractivity contribution is 0.227. The molecule has 36 heavy (non-hydrogen) atoms. The first-order valence-electron chi connectivity index (χ1n) is 12.5. The number of fused-ring (bicyclic) bond motifs is 1. The van der Waals surface area contributed by atoms with Gasteiger partial charge >= 0.3 is 0 Å². The maximum atomic E-state index is 6.29. The fraction of sp³-hybridized carbons (Fsp3) is 0.357. The summed E-state index contributed by atoms with van der Waals surface area (Å²) >= 11 is 12.6. The van der Waals surface area contributed by atoms with E-state index in [0.29, 0.717) is 21.4 Å². The van der Waals surface area contributed by atoms with E-state index < -0.39 is 0 Å². The molecule has 0 spiro atoms. The Morgan fingerprint density at radius 3 is 2.58 bits per heavy atom. The number of nitrogens with one attached hydrogen (secondary N) is 1.